The Morgan fingerprint density at radius 1 is 1.47 bits per heavy atom. The topological polar surface area (TPSA) is 75.2 Å². The third-order valence-corrected chi connectivity index (χ3v) is 2.92. The van der Waals surface area contributed by atoms with Crippen LogP contribution in [0.4, 0.5) is 0 Å². The number of hydrogen-bond donors (Lipinski definition) is 2. The number of imidazole rings is 1. The molecule has 0 radical (unpaired) electrons. The largest absolute Gasteiger partial charge is 0.496 e. The zero-order chi connectivity index (χ0) is 13.8. The number of aryl methyl sites for hydroxylation is 1. The van der Waals surface area contributed by atoms with E-state index in [2.05, 4.69) is 16.9 Å². The Balaban J connectivity index is 2.31. The maximum absolute atomic E-state index is 10.6. The van der Waals surface area contributed by atoms with Gasteiger partial charge in [-0.25, -0.2) is 4.98 Å². The summed E-state index contributed by atoms with van der Waals surface area (Å²) in [7, 11) is 1.65. The minimum atomic E-state index is -0.898. The second-order valence-electron chi connectivity index (χ2n) is 4.19. The lowest BCUT2D eigenvalue weighted by Gasteiger charge is -2.08. The zero-order valence-corrected chi connectivity index (χ0v) is 10.9. The number of carboxylic acid groups (broad SMARTS) is 1. The van der Waals surface area contributed by atoms with Crippen molar-refractivity contribution in [2.45, 2.75) is 19.8 Å². The first-order valence-electron chi connectivity index (χ1n) is 6.07. The minimum Gasteiger partial charge on any atom is -0.496 e. The van der Waals surface area contributed by atoms with E-state index in [4.69, 9.17) is 9.84 Å². The fourth-order valence-corrected chi connectivity index (χ4v) is 1.96. The number of carbonyl (C=O) groups is 1. The summed E-state index contributed by atoms with van der Waals surface area (Å²) in [6, 6.07) is 5.86. The third-order valence-electron chi connectivity index (χ3n) is 2.92. The van der Waals surface area contributed by atoms with Crippen LogP contribution in [0.2, 0.25) is 0 Å². The highest BCUT2D eigenvalue weighted by atomic mass is 16.5. The number of aromatic nitrogens is 2. The minimum absolute atomic E-state index is 0.100. The van der Waals surface area contributed by atoms with Crippen LogP contribution in [-0.4, -0.2) is 28.2 Å². The van der Waals surface area contributed by atoms with Gasteiger partial charge in [0, 0.05) is 5.56 Å². The molecule has 100 valence electrons. The molecule has 0 amide bonds. The number of nitrogens with one attached hydrogen (secondary N) is 1. The van der Waals surface area contributed by atoms with Gasteiger partial charge in [-0.15, -0.1) is 0 Å². The summed E-state index contributed by atoms with van der Waals surface area (Å²) >= 11 is 0. The molecule has 2 aromatic rings. The molecule has 5 heteroatoms. The number of benzene rings is 1. The molecule has 0 saturated heterocycles. The van der Waals surface area contributed by atoms with Crippen LogP contribution in [0.5, 0.6) is 5.75 Å². The summed E-state index contributed by atoms with van der Waals surface area (Å²) in [5.41, 5.74) is 2.89. The van der Waals surface area contributed by atoms with Crippen molar-refractivity contribution in [3.63, 3.8) is 0 Å². The number of aromatic amines is 1. The van der Waals surface area contributed by atoms with Crippen LogP contribution in [0.3, 0.4) is 0 Å². The predicted octanol–water partition coefficient (Wildman–Crippen LogP) is 2.27. The number of carboxylic acids is 1. The molecule has 1 aromatic carbocycles. The Bertz CT molecular complexity index is 590. The first-order chi connectivity index (χ1) is 9.13. The Morgan fingerprint density at radius 2 is 2.26 bits per heavy atom. The maximum Gasteiger partial charge on any atom is 0.311 e. The summed E-state index contributed by atoms with van der Waals surface area (Å²) in [5.74, 6) is 0.415. The Labute approximate surface area is 111 Å². The molecule has 5 nitrogen and oxygen atoms in total. The molecule has 0 bridgehead atoms. The van der Waals surface area contributed by atoms with E-state index in [1.165, 1.54) is 0 Å². The molecule has 1 aromatic heterocycles. The summed E-state index contributed by atoms with van der Waals surface area (Å²) in [4.78, 5) is 17.7. The van der Waals surface area contributed by atoms with Gasteiger partial charge in [-0.3, -0.25) is 4.79 Å². The van der Waals surface area contributed by atoms with E-state index in [1.807, 2.05) is 18.2 Å². The molecule has 2 rings (SSSR count). The lowest BCUT2D eigenvalue weighted by molar-refractivity contribution is -0.136. The van der Waals surface area contributed by atoms with Crippen molar-refractivity contribution in [1.82, 2.24) is 9.97 Å². The van der Waals surface area contributed by atoms with Gasteiger partial charge >= 0.3 is 5.97 Å². The zero-order valence-electron chi connectivity index (χ0n) is 10.9. The van der Waals surface area contributed by atoms with Crippen LogP contribution < -0.4 is 4.74 Å². The highest BCUT2D eigenvalue weighted by molar-refractivity contribution is 5.69. The molecule has 0 aliphatic heterocycles. The molecule has 0 fully saturated rings. The van der Waals surface area contributed by atoms with Gasteiger partial charge in [0.2, 0.25) is 0 Å². The number of aliphatic carboxylic acids is 1. The summed E-state index contributed by atoms with van der Waals surface area (Å²) in [6.07, 6.45) is 2.42. The van der Waals surface area contributed by atoms with Crippen LogP contribution in [0.25, 0.3) is 11.3 Å². The van der Waals surface area contributed by atoms with Crippen molar-refractivity contribution >= 4 is 5.97 Å². The first-order valence-corrected chi connectivity index (χ1v) is 6.07. The molecule has 1 heterocycles. The van der Waals surface area contributed by atoms with Crippen molar-refractivity contribution in [1.29, 1.82) is 0 Å². The molecule has 19 heavy (non-hydrogen) atoms. The SMILES string of the molecule is CCc1cc(-c2cnc(CC(=O)O)[nH]2)ccc1OC. The fraction of sp³-hybridized carbons (Fsp3) is 0.286. The average molecular weight is 260 g/mol. The van der Waals surface area contributed by atoms with E-state index >= 15 is 0 Å². The van der Waals surface area contributed by atoms with E-state index < -0.39 is 5.97 Å². The van der Waals surface area contributed by atoms with Crippen LogP contribution in [0.1, 0.15) is 18.3 Å². The van der Waals surface area contributed by atoms with Gasteiger partial charge in [0.15, 0.2) is 0 Å². The lowest BCUT2D eigenvalue weighted by Crippen LogP contribution is -2.01. The van der Waals surface area contributed by atoms with Gasteiger partial charge in [-0.05, 0) is 30.2 Å². The van der Waals surface area contributed by atoms with Crippen LogP contribution in [0, 0.1) is 0 Å². The molecule has 0 unspecified atom stereocenters. The van der Waals surface area contributed by atoms with Crippen molar-refractivity contribution < 1.29 is 14.6 Å². The third kappa shape index (κ3) is 2.93. The van der Waals surface area contributed by atoms with Crippen LogP contribution >= 0.6 is 0 Å². The van der Waals surface area contributed by atoms with E-state index in [1.54, 1.807) is 13.3 Å². The highest BCUT2D eigenvalue weighted by Gasteiger charge is 2.09. The molecule has 2 N–H and O–H groups in total. The average Bonchev–Trinajstić information content (AvgIpc) is 2.85. The van der Waals surface area contributed by atoms with Gasteiger partial charge in [-0.1, -0.05) is 6.92 Å². The van der Waals surface area contributed by atoms with Gasteiger partial charge in [0.05, 0.1) is 19.0 Å². The van der Waals surface area contributed by atoms with E-state index in [0.717, 1.165) is 29.0 Å². The molecular weight excluding hydrogens is 244 g/mol. The standard InChI is InChI=1S/C14H16N2O3/c1-3-9-6-10(4-5-12(9)19-2)11-8-15-13(16-11)7-14(17)18/h4-6,8H,3,7H2,1-2H3,(H,15,16)(H,17,18). The Hall–Kier alpha value is -2.30. The van der Waals surface area contributed by atoms with Gasteiger partial charge in [0.1, 0.15) is 18.0 Å². The van der Waals surface area contributed by atoms with Gasteiger partial charge in [-0.2, -0.15) is 0 Å². The quantitative estimate of drug-likeness (QED) is 0.864. The summed E-state index contributed by atoms with van der Waals surface area (Å²) < 4.78 is 5.28. The first kappa shape index (κ1) is 13.1. The molecule has 0 spiro atoms. The number of rotatable bonds is 5. The van der Waals surface area contributed by atoms with E-state index in [9.17, 15) is 4.79 Å². The second kappa shape index (κ2) is 5.56. The predicted molar refractivity (Wildman–Crippen MR) is 71.3 cm³/mol. The Kier molecular flexibility index (Phi) is 3.85. The fourth-order valence-electron chi connectivity index (χ4n) is 1.96. The van der Waals surface area contributed by atoms with Crippen molar-refractivity contribution in [2.24, 2.45) is 0 Å². The summed E-state index contributed by atoms with van der Waals surface area (Å²) in [5, 5.41) is 8.72. The molecule has 0 saturated carbocycles. The Morgan fingerprint density at radius 3 is 2.89 bits per heavy atom. The van der Waals surface area contributed by atoms with Gasteiger partial charge < -0.3 is 14.8 Å². The van der Waals surface area contributed by atoms with E-state index in [-0.39, 0.29) is 6.42 Å². The van der Waals surface area contributed by atoms with Crippen molar-refractivity contribution in [3.8, 4) is 17.0 Å². The number of methoxy groups -OCH3 is 1. The van der Waals surface area contributed by atoms with Crippen molar-refractivity contribution in [3.05, 3.63) is 35.8 Å². The molecular formula is C14H16N2O3. The number of nitrogens with zero attached hydrogens (tertiary/aromatic N) is 1. The normalized spacial score (nSPS) is 10.4. The van der Waals surface area contributed by atoms with Crippen LogP contribution in [0.15, 0.2) is 24.4 Å². The highest BCUT2D eigenvalue weighted by Crippen LogP contribution is 2.26. The number of H-pyrrole nitrogens is 1. The van der Waals surface area contributed by atoms with Crippen molar-refractivity contribution in [2.75, 3.05) is 7.11 Å². The van der Waals surface area contributed by atoms with E-state index in [0.29, 0.717) is 5.82 Å². The second-order valence-corrected chi connectivity index (χ2v) is 4.19. The smallest absolute Gasteiger partial charge is 0.311 e. The number of hydrogen-bond acceptors (Lipinski definition) is 3. The monoisotopic (exact) mass is 260 g/mol. The number of ether oxygens (including phenoxy) is 1. The lowest BCUT2D eigenvalue weighted by atomic mass is 10.1. The maximum atomic E-state index is 10.6. The molecule has 0 aliphatic carbocycles. The summed E-state index contributed by atoms with van der Waals surface area (Å²) in [6.45, 7) is 2.06. The van der Waals surface area contributed by atoms with Crippen LogP contribution in [-0.2, 0) is 17.6 Å². The van der Waals surface area contributed by atoms with Gasteiger partial charge in [0.25, 0.3) is 0 Å². The molecule has 0 aliphatic rings. The molecule has 0 atom stereocenters.